The lowest BCUT2D eigenvalue weighted by Gasteiger charge is -2.31. The molecule has 32 heavy (non-hydrogen) atoms. The van der Waals surface area contributed by atoms with Crippen molar-refractivity contribution < 1.29 is 13.2 Å². The van der Waals surface area contributed by atoms with Crippen molar-refractivity contribution in [2.75, 3.05) is 13.1 Å². The van der Waals surface area contributed by atoms with Gasteiger partial charge in [-0.3, -0.25) is 4.79 Å². The van der Waals surface area contributed by atoms with Crippen LogP contribution in [0.3, 0.4) is 0 Å². The molecule has 1 aliphatic rings. The zero-order valence-corrected chi connectivity index (χ0v) is 19.2. The summed E-state index contributed by atoms with van der Waals surface area (Å²) in [6, 6.07) is 14.8. The van der Waals surface area contributed by atoms with Crippen molar-refractivity contribution >= 4 is 15.9 Å². The molecule has 0 spiro atoms. The van der Waals surface area contributed by atoms with Crippen LogP contribution in [0.25, 0.3) is 5.69 Å². The summed E-state index contributed by atoms with van der Waals surface area (Å²) in [5.41, 5.74) is 3.01. The van der Waals surface area contributed by atoms with Gasteiger partial charge < -0.3 is 9.88 Å². The summed E-state index contributed by atoms with van der Waals surface area (Å²) in [5, 5.41) is 2.97. The van der Waals surface area contributed by atoms with Crippen LogP contribution in [0.4, 0.5) is 0 Å². The number of hydrogen-bond donors (Lipinski definition) is 1. The molecule has 2 aromatic carbocycles. The Morgan fingerprint density at radius 1 is 1.09 bits per heavy atom. The van der Waals surface area contributed by atoms with E-state index in [1.54, 1.807) is 30.5 Å². The number of piperidine rings is 1. The predicted octanol–water partition coefficient (Wildman–Crippen LogP) is 3.21. The van der Waals surface area contributed by atoms with Gasteiger partial charge in [0, 0.05) is 37.7 Å². The van der Waals surface area contributed by atoms with Crippen LogP contribution in [0.5, 0.6) is 0 Å². The summed E-state index contributed by atoms with van der Waals surface area (Å²) in [5.74, 6) is 0.452. The van der Waals surface area contributed by atoms with Crippen LogP contribution < -0.4 is 5.32 Å². The lowest BCUT2D eigenvalue weighted by atomic mass is 9.99. The van der Waals surface area contributed by atoms with E-state index in [1.807, 2.05) is 48.9 Å². The summed E-state index contributed by atoms with van der Waals surface area (Å²) in [4.78, 5) is 17.3. The maximum Gasteiger partial charge on any atom is 0.243 e. The molecular formula is C24H28N4O3S. The standard InChI is InChI=1S/C24H28N4O3S/c1-18-5-11-23(12-6-18)32(30,31)27-14-3-4-21(17-27)24(29)26-16-20-7-9-22(10-8-20)28-15-13-25-19(28)2/h5-13,15,21H,3-4,14,16-17H2,1-2H3,(H,26,29)/t21-/m0/s1. The fraction of sp³-hybridized carbons (Fsp3) is 0.333. The van der Waals surface area contributed by atoms with E-state index in [-0.39, 0.29) is 23.3 Å². The zero-order chi connectivity index (χ0) is 22.7. The number of hydrogen-bond acceptors (Lipinski definition) is 4. The second kappa shape index (κ2) is 9.26. The van der Waals surface area contributed by atoms with Crippen molar-refractivity contribution in [3.8, 4) is 5.69 Å². The first kappa shape index (κ1) is 22.2. The van der Waals surface area contributed by atoms with E-state index in [0.29, 0.717) is 25.9 Å². The highest BCUT2D eigenvalue weighted by Gasteiger charge is 2.33. The van der Waals surface area contributed by atoms with Crippen molar-refractivity contribution in [3.63, 3.8) is 0 Å². The maximum atomic E-state index is 13.0. The summed E-state index contributed by atoms with van der Waals surface area (Å²) < 4.78 is 29.4. The Hall–Kier alpha value is -2.97. The van der Waals surface area contributed by atoms with Gasteiger partial charge in [0.15, 0.2) is 0 Å². The van der Waals surface area contributed by atoms with Crippen LogP contribution in [-0.4, -0.2) is 41.3 Å². The van der Waals surface area contributed by atoms with Crippen LogP contribution in [0.2, 0.25) is 0 Å². The number of imidazole rings is 1. The normalized spacial score (nSPS) is 17.2. The number of nitrogens with one attached hydrogen (secondary N) is 1. The highest BCUT2D eigenvalue weighted by Crippen LogP contribution is 2.24. The van der Waals surface area contributed by atoms with E-state index in [4.69, 9.17) is 0 Å². The molecule has 2 heterocycles. The SMILES string of the molecule is Cc1ccc(S(=O)(=O)N2CCC[C@H](C(=O)NCc3ccc(-n4ccnc4C)cc3)C2)cc1. The molecular weight excluding hydrogens is 424 g/mol. The molecule has 4 rings (SSSR count). The van der Waals surface area contributed by atoms with Gasteiger partial charge in [-0.05, 0) is 56.5 Å². The molecule has 1 atom stereocenters. The first-order valence-electron chi connectivity index (χ1n) is 10.8. The number of carbonyl (C=O) groups excluding carboxylic acids is 1. The highest BCUT2D eigenvalue weighted by atomic mass is 32.2. The molecule has 0 radical (unpaired) electrons. The Labute approximate surface area is 189 Å². The van der Waals surface area contributed by atoms with Crippen molar-refractivity contribution in [2.45, 2.75) is 38.1 Å². The molecule has 0 saturated carbocycles. The lowest BCUT2D eigenvalue weighted by molar-refractivity contribution is -0.126. The molecule has 1 N–H and O–H groups in total. The molecule has 3 aromatic rings. The van der Waals surface area contributed by atoms with E-state index >= 15 is 0 Å². The third-order valence-corrected chi connectivity index (χ3v) is 7.80. The van der Waals surface area contributed by atoms with Gasteiger partial charge in [-0.25, -0.2) is 13.4 Å². The number of sulfonamides is 1. The van der Waals surface area contributed by atoms with Crippen LogP contribution in [0, 0.1) is 19.8 Å². The Bertz CT molecular complexity index is 1180. The molecule has 1 aromatic heterocycles. The minimum Gasteiger partial charge on any atom is -0.352 e. The number of aryl methyl sites for hydroxylation is 2. The molecule has 168 valence electrons. The van der Waals surface area contributed by atoms with E-state index < -0.39 is 10.0 Å². The Morgan fingerprint density at radius 2 is 1.81 bits per heavy atom. The monoisotopic (exact) mass is 452 g/mol. The molecule has 7 nitrogen and oxygen atoms in total. The topological polar surface area (TPSA) is 84.3 Å². The maximum absolute atomic E-state index is 13.0. The van der Waals surface area contributed by atoms with Crippen molar-refractivity contribution in [1.82, 2.24) is 19.2 Å². The van der Waals surface area contributed by atoms with Crippen LogP contribution >= 0.6 is 0 Å². The van der Waals surface area contributed by atoms with Crippen LogP contribution in [0.15, 0.2) is 65.8 Å². The second-order valence-electron chi connectivity index (χ2n) is 8.24. The van der Waals surface area contributed by atoms with Gasteiger partial charge in [-0.15, -0.1) is 0 Å². The Kier molecular flexibility index (Phi) is 6.43. The summed E-state index contributed by atoms with van der Waals surface area (Å²) in [6.45, 7) is 4.92. The van der Waals surface area contributed by atoms with Gasteiger partial charge in [0.1, 0.15) is 5.82 Å². The minimum atomic E-state index is -3.60. The summed E-state index contributed by atoms with van der Waals surface area (Å²) in [7, 11) is -3.60. The molecule has 1 fully saturated rings. The van der Waals surface area contributed by atoms with E-state index in [0.717, 1.165) is 22.6 Å². The van der Waals surface area contributed by atoms with Gasteiger partial charge in [-0.1, -0.05) is 29.8 Å². The lowest BCUT2D eigenvalue weighted by Crippen LogP contribution is -2.45. The fourth-order valence-corrected chi connectivity index (χ4v) is 5.52. The van der Waals surface area contributed by atoms with Crippen LogP contribution in [0.1, 0.15) is 29.8 Å². The first-order valence-corrected chi connectivity index (χ1v) is 12.2. The molecule has 0 aliphatic carbocycles. The van der Waals surface area contributed by atoms with Crippen LogP contribution in [-0.2, 0) is 21.4 Å². The van der Waals surface area contributed by atoms with Gasteiger partial charge in [0.25, 0.3) is 0 Å². The summed E-state index contributed by atoms with van der Waals surface area (Å²) >= 11 is 0. The molecule has 0 unspecified atom stereocenters. The fourth-order valence-electron chi connectivity index (χ4n) is 3.99. The molecule has 1 amide bonds. The second-order valence-corrected chi connectivity index (χ2v) is 10.2. The average molecular weight is 453 g/mol. The van der Waals surface area contributed by atoms with Gasteiger partial charge in [0.05, 0.1) is 10.8 Å². The highest BCUT2D eigenvalue weighted by molar-refractivity contribution is 7.89. The third-order valence-electron chi connectivity index (χ3n) is 5.92. The largest absolute Gasteiger partial charge is 0.352 e. The minimum absolute atomic E-state index is 0.108. The molecule has 0 bridgehead atoms. The van der Waals surface area contributed by atoms with E-state index in [2.05, 4.69) is 10.3 Å². The third kappa shape index (κ3) is 4.76. The number of amides is 1. The number of rotatable bonds is 6. The Balaban J connectivity index is 1.36. The number of benzene rings is 2. The average Bonchev–Trinajstić information content (AvgIpc) is 3.24. The first-order chi connectivity index (χ1) is 15.3. The van der Waals surface area contributed by atoms with Gasteiger partial charge in [0.2, 0.25) is 15.9 Å². The van der Waals surface area contributed by atoms with E-state index in [1.165, 1.54) is 4.31 Å². The zero-order valence-electron chi connectivity index (χ0n) is 18.4. The number of carbonyl (C=O) groups is 1. The molecule has 8 heteroatoms. The smallest absolute Gasteiger partial charge is 0.243 e. The van der Waals surface area contributed by atoms with Gasteiger partial charge >= 0.3 is 0 Å². The number of aromatic nitrogens is 2. The van der Waals surface area contributed by atoms with Crippen molar-refractivity contribution in [1.29, 1.82) is 0 Å². The molecule has 1 saturated heterocycles. The number of nitrogens with zero attached hydrogens (tertiary/aromatic N) is 3. The van der Waals surface area contributed by atoms with Crippen molar-refractivity contribution in [2.24, 2.45) is 5.92 Å². The quantitative estimate of drug-likeness (QED) is 0.622. The summed E-state index contributed by atoms with van der Waals surface area (Å²) in [6.07, 6.45) is 5.02. The molecule has 1 aliphatic heterocycles. The predicted molar refractivity (Wildman–Crippen MR) is 123 cm³/mol. The Morgan fingerprint density at radius 3 is 2.47 bits per heavy atom. The van der Waals surface area contributed by atoms with Crippen molar-refractivity contribution in [3.05, 3.63) is 77.9 Å². The van der Waals surface area contributed by atoms with Gasteiger partial charge in [-0.2, -0.15) is 4.31 Å². The van der Waals surface area contributed by atoms with E-state index in [9.17, 15) is 13.2 Å².